The lowest BCUT2D eigenvalue weighted by Crippen LogP contribution is -2.10. The van der Waals surface area contributed by atoms with Crippen molar-refractivity contribution in [3.8, 4) is 27.9 Å². The molecule has 1 heterocycles. The van der Waals surface area contributed by atoms with Gasteiger partial charge in [-0.15, -0.1) is 0 Å². The van der Waals surface area contributed by atoms with Crippen LogP contribution in [0.25, 0.3) is 71.3 Å². The van der Waals surface area contributed by atoms with Crippen molar-refractivity contribution >= 4 is 60.4 Å². The normalized spacial score (nSPS) is 11.5. The van der Waals surface area contributed by atoms with Crippen molar-refractivity contribution < 1.29 is 0 Å². The Morgan fingerprint density at radius 1 is 0.327 bits per heavy atom. The van der Waals surface area contributed by atoms with Crippen LogP contribution < -0.4 is 4.90 Å². The first-order valence-corrected chi connectivity index (χ1v) is 17.8. The molecule has 244 valence electrons. The number of benzene rings is 9. The van der Waals surface area contributed by atoms with Crippen molar-refractivity contribution in [3.63, 3.8) is 0 Å². The first-order valence-electron chi connectivity index (χ1n) is 17.8. The summed E-state index contributed by atoms with van der Waals surface area (Å²) >= 11 is 0. The fourth-order valence-electron chi connectivity index (χ4n) is 7.84. The van der Waals surface area contributed by atoms with E-state index in [1.165, 1.54) is 65.6 Å². The number of rotatable bonds is 6. The maximum Gasteiger partial charge on any atom is 0.0562 e. The number of aromatic nitrogens is 1. The molecule has 52 heavy (non-hydrogen) atoms. The zero-order valence-corrected chi connectivity index (χ0v) is 28.5. The summed E-state index contributed by atoms with van der Waals surface area (Å²) in [7, 11) is 0. The molecule has 0 aliphatic heterocycles. The predicted molar refractivity (Wildman–Crippen MR) is 221 cm³/mol. The second-order valence-corrected chi connectivity index (χ2v) is 13.4. The lowest BCUT2D eigenvalue weighted by Gasteiger charge is -2.27. The average Bonchev–Trinajstić information content (AvgIpc) is 3.56. The van der Waals surface area contributed by atoms with Crippen molar-refractivity contribution in [2.75, 3.05) is 4.90 Å². The molecule has 0 amide bonds. The van der Waals surface area contributed by atoms with Gasteiger partial charge in [0, 0.05) is 27.8 Å². The van der Waals surface area contributed by atoms with E-state index in [1.54, 1.807) is 0 Å². The lowest BCUT2D eigenvalue weighted by molar-refractivity contribution is 1.18. The molecule has 0 radical (unpaired) electrons. The molecule has 9 aromatic carbocycles. The maximum absolute atomic E-state index is 2.41. The Morgan fingerprint density at radius 3 is 1.56 bits per heavy atom. The van der Waals surface area contributed by atoms with E-state index in [9.17, 15) is 0 Å². The van der Waals surface area contributed by atoms with E-state index in [0.29, 0.717) is 0 Å². The highest BCUT2D eigenvalue weighted by Gasteiger charge is 2.21. The minimum atomic E-state index is 1.12. The maximum atomic E-state index is 2.41. The summed E-state index contributed by atoms with van der Waals surface area (Å²) in [4.78, 5) is 2.41. The zero-order valence-electron chi connectivity index (χ0n) is 28.5. The Hall–Kier alpha value is -6.90. The molecule has 0 saturated carbocycles. The van der Waals surface area contributed by atoms with Crippen molar-refractivity contribution in [3.05, 3.63) is 206 Å². The Labute approximate surface area is 303 Å². The average molecular weight is 663 g/mol. The molecule has 0 saturated heterocycles. The minimum absolute atomic E-state index is 1.12. The topological polar surface area (TPSA) is 8.17 Å². The number of fused-ring (bicyclic) bond motifs is 5. The molecule has 0 atom stereocenters. The van der Waals surface area contributed by atoms with Gasteiger partial charge in [-0.3, -0.25) is 0 Å². The molecule has 10 rings (SSSR count). The summed E-state index contributed by atoms with van der Waals surface area (Å²) in [5, 5.41) is 7.36. The van der Waals surface area contributed by atoms with Crippen LogP contribution in [0.3, 0.4) is 0 Å². The van der Waals surface area contributed by atoms with Crippen molar-refractivity contribution in [1.82, 2.24) is 4.57 Å². The Morgan fingerprint density at radius 2 is 0.865 bits per heavy atom. The van der Waals surface area contributed by atoms with Crippen LogP contribution in [0.4, 0.5) is 17.1 Å². The summed E-state index contributed by atoms with van der Waals surface area (Å²) in [5.74, 6) is 0. The van der Waals surface area contributed by atoms with Crippen molar-refractivity contribution in [1.29, 1.82) is 0 Å². The third-order valence-corrected chi connectivity index (χ3v) is 10.3. The molecule has 0 bridgehead atoms. The van der Waals surface area contributed by atoms with Crippen LogP contribution in [0.5, 0.6) is 0 Å². The number of nitrogens with zero attached hydrogens (tertiary/aromatic N) is 2. The second-order valence-electron chi connectivity index (χ2n) is 13.4. The van der Waals surface area contributed by atoms with Gasteiger partial charge >= 0.3 is 0 Å². The fraction of sp³-hybridized carbons (Fsp3) is 0. The summed E-state index contributed by atoms with van der Waals surface area (Å²) in [6, 6.07) is 74.7. The summed E-state index contributed by atoms with van der Waals surface area (Å²) in [5.41, 5.74) is 11.8. The monoisotopic (exact) mass is 662 g/mol. The molecule has 2 nitrogen and oxygen atoms in total. The van der Waals surface area contributed by atoms with E-state index < -0.39 is 0 Å². The first kappa shape index (κ1) is 30.0. The van der Waals surface area contributed by atoms with Crippen molar-refractivity contribution in [2.24, 2.45) is 0 Å². The molecule has 10 aromatic rings. The van der Waals surface area contributed by atoms with E-state index in [1.807, 2.05) is 0 Å². The highest BCUT2D eigenvalue weighted by molar-refractivity contribution is 6.16. The predicted octanol–water partition coefficient (Wildman–Crippen LogP) is 13.9. The van der Waals surface area contributed by atoms with Crippen LogP contribution in [0.2, 0.25) is 0 Å². The van der Waals surface area contributed by atoms with Gasteiger partial charge in [-0.05, 0) is 117 Å². The van der Waals surface area contributed by atoms with Gasteiger partial charge in [-0.1, -0.05) is 133 Å². The highest BCUT2D eigenvalue weighted by atomic mass is 15.1. The van der Waals surface area contributed by atoms with E-state index in [4.69, 9.17) is 0 Å². The van der Waals surface area contributed by atoms with Gasteiger partial charge in [-0.2, -0.15) is 0 Å². The molecule has 1 aromatic heterocycles. The Bertz CT molecular complexity index is 2890. The molecular weight excluding hydrogens is 629 g/mol. The van der Waals surface area contributed by atoms with Crippen LogP contribution in [0, 0.1) is 0 Å². The molecule has 0 spiro atoms. The summed E-state index contributed by atoms with van der Waals surface area (Å²) in [6.45, 7) is 0. The van der Waals surface area contributed by atoms with Gasteiger partial charge in [0.05, 0.1) is 16.7 Å². The summed E-state index contributed by atoms with van der Waals surface area (Å²) in [6.07, 6.45) is 0. The highest BCUT2D eigenvalue weighted by Crippen LogP contribution is 2.44. The lowest BCUT2D eigenvalue weighted by atomic mass is 9.96. The van der Waals surface area contributed by atoms with Crippen LogP contribution in [0.1, 0.15) is 0 Å². The van der Waals surface area contributed by atoms with Gasteiger partial charge in [0.1, 0.15) is 0 Å². The standard InChI is InChI=1S/C50H34N2/c1-4-13-35(14-5-1)38-26-23-36-24-27-39(32-41(36)31-38)40-28-25-37-29-30-45(34-42(37)33-40)51(43-15-6-2-7-16-43)48-21-12-22-49-50(48)46-19-10-11-20-47(46)52(49)44-17-8-3-9-18-44/h1-34H. The molecule has 0 unspecified atom stereocenters. The van der Waals surface area contributed by atoms with Gasteiger partial charge in [0.15, 0.2) is 0 Å². The van der Waals surface area contributed by atoms with Crippen LogP contribution in [0.15, 0.2) is 206 Å². The fourth-order valence-corrected chi connectivity index (χ4v) is 7.84. The van der Waals surface area contributed by atoms with Crippen LogP contribution in [-0.2, 0) is 0 Å². The van der Waals surface area contributed by atoms with Crippen LogP contribution in [-0.4, -0.2) is 4.57 Å². The van der Waals surface area contributed by atoms with E-state index >= 15 is 0 Å². The Balaban J connectivity index is 1.13. The third-order valence-electron chi connectivity index (χ3n) is 10.3. The number of anilines is 3. The minimum Gasteiger partial charge on any atom is -0.310 e. The second kappa shape index (κ2) is 12.5. The SMILES string of the molecule is c1ccc(-c2ccc3ccc(-c4ccc5ccc(N(c6ccccc6)c6cccc7c6c6ccccc6n7-c6ccccc6)cc5c4)cc3c2)cc1. The van der Waals surface area contributed by atoms with Crippen LogP contribution >= 0.6 is 0 Å². The zero-order chi connectivity index (χ0) is 34.4. The molecule has 2 heteroatoms. The van der Waals surface area contributed by atoms with E-state index in [2.05, 4.69) is 216 Å². The van der Waals surface area contributed by atoms with Crippen molar-refractivity contribution in [2.45, 2.75) is 0 Å². The van der Waals surface area contributed by atoms with E-state index in [0.717, 1.165) is 22.7 Å². The van der Waals surface area contributed by atoms with Gasteiger partial charge in [0.25, 0.3) is 0 Å². The van der Waals surface area contributed by atoms with Gasteiger partial charge in [-0.25, -0.2) is 0 Å². The van der Waals surface area contributed by atoms with Gasteiger partial charge in [0.2, 0.25) is 0 Å². The smallest absolute Gasteiger partial charge is 0.0562 e. The molecule has 0 N–H and O–H groups in total. The molecular formula is C50H34N2. The quantitative estimate of drug-likeness (QED) is 0.172. The van der Waals surface area contributed by atoms with E-state index in [-0.39, 0.29) is 0 Å². The molecule has 0 aliphatic rings. The first-order chi connectivity index (χ1) is 25.8. The number of hydrogen-bond acceptors (Lipinski definition) is 1. The van der Waals surface area contributed by atoms with Gasteiger partial charge < -0.3 is 9.47 Å². The third kappa shape index (κ3) is 5.12. The largest absolute Gasteiger partial charge is 0.310 e. The number of hydrogen-bond donors (Lipinski definition) is 0. The molecule has 0 aliphatic carbocycles. The molecule has 0 fully saturated rings. The Kier molecular flexibility index (Phi) is 7.18. The summed E-state index contributed by atoms with van der Waals surface area (Å²) < 4.78 is 2.39. The number of para-hydroxylation sites is 3.